The molecule has 190 valence electrons. The van der Waals surface area contributed by atoms with Crippen molar-refractivity contribution in [2.24, 2.45) is 0 Å². The number of rotatable bonds is 2. The van der Waals surface area contributed by atoms with Crippen LogP contribution in [0.4, 0.5) is 0 Å². The standard InChI is InChI=1S/C28H30O8/c1-16-7-6-10-19(29)9-5-3-4-8-18-14-23-26(27(32)25(18)28(33)35-16)20(15-24(31)36-23)17-11-12-22(34-2)21(30)13-17/h4,8,11-14,16,20,30,32H,3,5-7,9-10,15H2,1-2H3/t16-,20-/m0/s1. The Hall–Kier alpha value is -3.81. The number of methoxy groups -OCH3 is 1. The van der Waals surface area contributed by atoms with Gasteiger partial charge in [-0.15, -0.1) is 0 Å². The van der Waals surface area contributed by atoms with E-state index >= 15 is 0 Å². The van der Waals surface area contributed by atoms with Gasteiger partial charge >= 0.3 is 11.9 Å². The minimum absolute atomic E-state index is 0.00864. The Morgan fingerprint density at radius 3 is 2.58 bits per heavy atom. The highest BCUT2D eigenvalue weighted by atomic mass is 16.5. The molecule has 0 aliphatic carbocycles. The van der Waals surface area contributed by atoms with E-state index in [0.29, 0.717) is 49.7 Å². The van der Waals surface area contributed by atoms with Crippen molar-refractivity contribution in [3.63, 3.8) is 0 Å². The molecule has 0 fully saturated rings. The first-order valence-electron chi connectivity index (χ1n) is 12.1. The number of carbonyl (C=O) groups excluding carboxylic acids is 3. The fourth-order valence-corrected chi connectivity index (χ4v) is 4.73. The van der Waals surface area contributed by atoms with Crippen LogP contribution in [0.5, 0.6) is 23.0 Å². The van der Waals surface area contributed by atoms with E-state index in [-0.39, 0.29) is 46.3 Å². The highest BCUT2D eigenvalue weighted by molar-refractivity contribution is 5.98. The topological polar surface area (TPSA) is 119 Å². The molecule has 36 heavy (non-hydrogen) atoms. The number of ketones is 1. The van der Waals surface area contributed by atoms with Crippen LogP contribution in [0.1, 0.15) is 84.8 Å². The van der Waals surface area contributed by atoms with E-state index in [1.165, 1.54) is 13.2 Å². The molecule has 0 saturated carbocycles. The monoisotopic (exact) mass is 494 g/mol. The average Bonchev–Trinajstić information content (AvgIpc) is 2.82. The zero-order valence-corrected chi connectivity index (χ0v) is 20.4. The van der Waals surface area contributed by atoms with Gasteiger partial charge in [-0.3, -0.25) is 9.59 Å². The second kappa shape index (κ2) is 10.8. The van der Waals surface area contributed by atoms with Gasteiger partial charge in [0.1, 0.15) is 22.8 Å². The van der Waals surface area contributed by atoms with Gasteiger partial charge in [-0.25, -0.2) is 4.79 Å². The van der Waals surface area contributed by atoms with E-state index in [1.54, 1.807) is 31.2 Å². The Labute approximate surface area is 209 Å². The molecule has 0 spiro atoms. The molecule has 2 heterocycles. The summed E-state index contributed by atoms with van der Waals surface area (Å²) in [6.45, 7) is 1.75. The summed E-state index contributed by atoms with van der Waals surface area (Å²) in [5, 5.41) is 21.7. The van der Waals surface area contributed by atoms with E-state index in [1.807, 2.05) is 6.08 Å². The number of Topliss-reactive ketones (excluding diaryl/α,β-unsaturated/α-hetero) is 1. The van der Waals surface area contributed by atoms with Crippen molar-refractivity contribution < 1.29 is 38.8 Å². The van der Waals surface area contributed by atoms with Crippen molar-refractivity contribution in [2.75, 3.05) is 7.11 Å². The Bertz CT molecular complexity index is 1210. The first-order chi connectivity index (χ1) is 17.3. The summed E-state index contributed by atoms with van der Waals surface area (Å²) in [7, 11) is 1.43. The van der Waals surface area contributed by atoms with Crippen LogP contribution in [-0.4, -0.2) is 41.1 Å². The van der Waals surface area contributed by atoms with E-state index in [0.717, 1.165) is 0 Å². The first-order valence-corrected chi connectivity index (χ1v) is 12.1. The summed E-state index contributed by atoms with van der Waals surface area (Å²) >= 11 is 0. The van der Waals surface area contributed by atoms with Crippen molar-refractivity contribution in [1.82, 2.24) is 0 Å². The van der Waals surface area contributed by atoms with E-state index in [2.05, 4.69) is 0 Å². The number of hydrogen-bond donors (Lipinski definition) is 2. The smallest absolute Gasteiger partial charge is 0.342 e. The van der Waals surface area contributed by atoms with Gasteiger partial charge in [-0.05, 0) is 61.9 Å². The van der Waals surface area contributed by atoms with Gasteiger partial charge in [0.05, 0.1) is 19.6 Å². The number of hydrogen-bond acceptors (Lipinski definition) is 8. The van der Waals surface area contributed by atoms with Crippen LogP contribution < -0.4 is 9.47 Å². The molecule has 0 radical (unpaired) electrons. The predicted octanol–water partition coefficient (Wildman–Crippen LogP) is 5.03. The van der Waals surface area contributed by atoms with Gasteiger partial charge in [-0.2, -0.15) is 0 Å². The highest BCUT2D eigenvalue weighted by Gasteiger charge is 2.35. The Morgan fingerprint density at radius 1 is 1.06 bits per heavy atom. The summed E-state index contributed by atoms with van der Waals surface area (Å²) < 4.78 is 16.2. The summed E-state index contributed by atoms with van der Waals surface area (Å²) in [5.74, 6) is -1.67. The molecule has 0 amide bonds. The molecule has 0 saturated heterocycles. The number of cyclic esters (lactones) is 1. The maximum atomic E-state index is 13.3. The van der Waals surface area contributed by atoms with E-state index in [4.69, 9.17) is 14.2 Å². The second-order valence-electron chi connectivity index (χ2n) is 9.20. The van der Waals surface area contributed by atoms with Crippen molar-refractivity contribution in [3.8, 4) is 23.0 Å². The van der Waals surface area contributed by atoms with Crippen LogP contribution >= 0.6 is 0 Å². The van der Waals surface area contributed by atoms with Gasteiger partial charge in [0.15, 0.2) is 11.5 Å². The third kappa shape index (κ3) is 5.37. The zero-order chi connectivity index (χ0) is 25.8. The van der Waals surface area contributed by atoms with Crippen LogP contribution in [0.2, 0.25) is 0 Å². The van der Waals surface area contributed by atoms with Crippen LogP contribution in [0, 0.1) is 0 Å². The number of benzene rings is 2. The molecule has 2 aliphatic rings. The summed E-state index contributed by atoms with van der Waals surface area (Å²) in [6.07, 6.45) is 6.33. The van der Waals surface area contributed by atoms with Gasteiger partial charge < -0.3 is 24.4 Å². The number of allylic oxidation sites excluding steroid dienone is 1. The Morgan fingerprint density at radius 2 is 1.83 bits per heavy atom. The lowest BCUT2D eigenvalue weighted by atomic mass is 9.83. The molecule has 2 aromatic rings. The number of phenolic OH excluding ortho intramolecular Hbond substituents is 2. The lowest BCUT2D eigenvalue weighted by Crippen LogP contribution is -2.23. The molecular formula is C28H30O8. The van der Waals surface area contributed by atoms with E-state index in [9.17, 15) is 24.6 Å². The number of carbonyl (C=O) groups is 3. The maximum absolute atomic E-state index is 13.3. The van der Waals surface area contributed by atoms with Crippen LogP contribution in [0.25, 0.3) is 6.08 Å². The first kappa shape index (κ1) is 25.3. The van der Waals surface area contributed by atoms with Crippen LogP contribution in [0.3, 0.4) is 0 Å². The van der Waals surface area contributed by atoms with Crippen LogP contribution in [0.15, 0.2) is 30.3 Å². The minimum atomic E-state index is -0.695. The second-order valence-corrected chi connectivity index (χ2v) is 9.20. The minimum Gasteiger partial charge on any atom is -0.507 e. The number of fused-ring (bicyclic) bond motifs is 2. The molecule has 8 heteroatoms. The number of phenols is 2. The molecule has 2 atom stereocenters. The molecule has 2 aromatic carbocycles. The third-order valence-electron chi connectivity index (χ3n) is 6.58. The van der Waals surface area contributed by atoms with Crippen molar-refractivity contribution in [1.29, 1.82) is 0 Å². The van der Waals surface area contributed by atoms with Crippen molar-refractivity contribution >= 4 is 23.8 Å². The molecule has 0 unspecified atom stereocenters. The van der Waals surface area contributed by atoms with Crippen LogP contribution in [-0.2, 0) is 14.3 Å². The normalized spacial score (nSPS) is 21.0. The molecule has 2 N–H and O–H groups in total. The molecule has 8 nitrogen and oxygen atoms in total. The van der Waals surface area contributed by atoms with Gasteiger partial charge in [0.2, 0.25) is 0 Å². The van der Waals surface area contributed by atoms with Gasteiger partial charge in [-0.1, -0.05) is 18.2 Å². The third-order valence-corrected chi connectivity index (χ3v) is 6.58. The molecule has 0 aromatic heterocycles. The van der Waals surface area contributed by atoms with E-state index < -0.39 is 24.0 Å². The highest BCUT2D eigenvalue weighted by Crippen LogP contribution is 2.48. The number of ether oxygens (including phenoxy) is 3. The predicted molar refractivity (Wildman–Crippen MR) is 131 cm³/mol. The lowest BCUT2D eigenvalue weighted by Gasteiger charge is -2.28. The summed E-state index contributed by atoms with van der Waals surface area (Å²) in [4.78, 5) is 37.8. The maximum Gasteiger partial charge on any atom is 0.342 e. The summed E-state index contributed by atoms with van der Waals surface area (Å²) in [5.41, 5.74) is 1.19. The molecule has 4 rings (SSSR count). The zero-order valence-electron chi connectivity index (χ0n) is 20.4. The number of esters is 2. The largest absolute Gasteiger partial charge is 0.507 e. The van der Waals surface area contributed by atoms with Gasteiger partial charge in [0, 0.05) is 24.3 Å². The Balaban J connectivity index is 1.81. The Kier molecular flexibility index (Phi) is 7.62. The fraction of sp³-hybridized carbons (Fsp3) is 0.393. The lowest BCUT2D eigenvalue weighted by molar-refractivity contribution is -0.135. The number of aromatic hydroxyl groups is 2. The van der Waals surface area contributed by atoms with Crippen molar-refractivity contribution in [2.45, 2.75) is 63.9 Å². The quantitative estimate of drug-likeness (QED) is 0.441. The fourth-order valence-electron chi connectivity index (χ4n) is 4.73. The summed E-state index contributed by atoms with van der Waals surface area (Å²) in [6, 6.07) is 6.29. The van der Waals surface area contributed by atoms with Crippen molar-refractivity contribution in [3.05, 3.63) is 52.6 Å². The molecule has 2 aliphatic heterocycles. The SMILES string of the molecule is COc1ccc([C@@H]2CC(=O)Oc3cc4c(c(O)c32)C(=O)O[C@@H](C)CCCC(=O)CCCC=C4)cc1O. The molecule has 0 bridgehead atoms. The van der Waals surface area contributed by atoms with Gasteiger partial charge in [0.25, 0.3) is 0 Å². The average molecular weight is 495 g/mol. The molecular weight excluding hydrogens is 464 g/mol.